The molecule has 0 N–H and O–H groups in total. The summed E-state index contributed by atoms with van der Waals surface area (Å²) in [5, 5.41) is 0. The zero-order chi connectivity index (χ0) is 12.4. The molecule has 4 nitrogen and oxygen atoms in total. The van der Waals surface area contributed by atoms with Crippen molar-refractivity contribution in [1.82, 2.24) is 9.88 Å². The lowest BCUT2D eigenvalue weighted by Crippen LogP contribution is -2.52. The van der Waals surface area contributed by atoms with E-state index >= 15 is 0 Å². The summed E-state index contributed by atoms with van der Waals surface area (Å²) < 4.78 is 0.944. The molecule has 0 atom stereocenters. The molecule has 1 saturated heterocycles. The van der Waals surface area contributed by atoms with Crippen LogP contribution in [0, 0.1) is 3.70 Å². The number of amides is 1. The molecule has 0 unspecified atom stereocenters. The van der Waals surface area contributed by atoms with Crippen LogP contribution in [0.25, 0.3) is 0 Å². The minimum absolute atomic E-state index is 0.160. The Balaban J connectivity index is 2.09. The fourth-order valence-corrected chi connectivity index (χ4v) is 2.25. The molecule has 0 radical (unpaired) electrons. The van der Waals surface area contributed by atoms with Gasteiger partial charge in [-0.3, -0.25) is 9.69 Å². The molecule has 1 fully saturated rings. The Hall–Kier alpha value is -0.690. The van der Waals surface area contributed by atoms with Crippen LogP contribution >= 0.6 is 22.6 Å². The van der Waals surface area contributed by atoms with Gasteiger partial charge < -0.3 is 4.90 Å². The molecule has 1 amide bonds. The van der Waals surface area contributed by atoms with Crippen LogP contribution in [0.4, 0.5) is 5.69 Å². The van der Waals surface area contributed by atoms with Crippen molar-refractivity contribution in [3.05, 3.63) is 22.0 Å². The van der Waals surface area contributed by atoms with Gasteiger partial charge in [-0.05, 0) is 48.6 Å². The first kappa shape index (κ1) is 12.8. The standard InChI is InChI=1S/C12H16IN3O/c1-9(2)15-5-6-16(12(17)8-15)10-3-4-11(13)14-7-10/h3-4,7,9H,5-6,8H2,1-2H3. The van der Waals surface area contributed by atoms with Crippen molar-refractivity contribution in [3.63, 3.8) is 0 Å². The van der Waals surface area contributed by atoms with Crippen molar-refractivity contribution in [3.8, 4) is 0 Å². The lowest BCUT2D eigenvalue weighted by molar-refractivity contribution is -0.121. The van der Waals surface area contributed by atoms with Crippen molar-refractivity contribution >= 4 is 34.2 Å². The van der Waals surface area contributed by atoms with E-state index in [-0.39, 0.29) is 5.91 Å². The number of halogens is 1. The van der Waals surface area contributed by atoms with Crippen molar-refractivity contribution < 1.29 is 4.79 Å². The minimum Gasteiger partial charge on any atom is -0.308 e. The number of carbonyl (C=O) groups is 1. The summed E-state index contributed by atoms with van der Waals surface area (Å²) in [7, 11) is 0. The van der Waals surface area contributed by atoms with Crippen LogP contribution in [0.2, 0.25) is 0 Å². The number of pyridine rings is 1. The Kier molecular flexibility index (Phi) is 3.98. The van der Waals surface area contributed by atoms with Gasteiger partial charge in [0.2, 0.25) is 5.91 Å². The predicted octanol–water partition coefficient (Wildman–Crippen LogP) is 1.74. The Bertz CT molecular complexity index is 405. The van der Waals surface area contributed by atoms with E-state index in [1.54, 1.807) is 6.20 Å². The van der Waals surface area contributed by atoms with E-state index in [9.17, 15) is 4.79 Å². The van der Waals surface area contributed by atoms with Gasteiger partial charge in [-0.15, -0.1) is 0 Å². The second-order valence-corrected chi connectivity index (χ2v) is 5.55. The molecular formula is C12H16IN3O. The summed E-state index contributed by atoms with van der Waals surface area (Å²) >= 11 is 2.16. The number of hydrogen-bond acceptors (Lipinski definition) is 3. The number of hydrogen-bond donors (Lipinski definition) is 0. The van der Waals surface area contributed by atoms with E-state index in [0.717, 1.165) is 22.5 Å². The van der Waals surface area contributed by atoms with Crippen LogP contribution in [-0.2, 0) is 4.79 Å². The van der Waals surface area contributed by atoms with E-state index in [2.05, 4.69) is 46.3 Å². The molecule has 5 heteroatoms. The van der Waals surface area contributed by atoms with Crippen molar-refractivity contribution in [1.29, 1.82) is 0 Å². The zero-order valence-corrected chi connectivity index (χ0v) is 12.2. The lowest BCUT2D eigenvalue weighted by Gasteiger charge is -2.36. The number of carbonyl (C=O) groups excluding carboxylic acids is 1. The van der Waals surface area contributed by atoms with Crippen LogP contribution in [0.1, 0.15) is 13.8 Å². The topological polar surface area (TPSA) is 36.4 Å². The summed E-state index contributed by atoms with van der Waals surface area (Å²) in [6.07, 6.45) is 1.77. The molecule has 0 saturated carbocycles. The highest BCUT2D eigenvalue weighted by Crippen LogP contribution is 2.17. The number of piperazine rings is 1. The van der Waals surface area contributed by atoms with Crippen LogP contribution in [0.3, 0.4) is 0 Å². The summed E-state index contributed by atoms with van der Waals surface area (Å²) in [6.45, 7) is 6.42. The summed E-state index contributed by atoms with van der Waals surface area (Å²) in [5.74, 6) is 0.160. The second kappa shape index (κ2) is 5.30. The molecule has 0 spiro atoms. The molecule has 1 aromatic rings. The SMILES string of the molecule is CC(C)N1CCN(c2ccc(I)nc2)C(=O)C1. The van der Waals surface area contributed by atoms with Crippen LogP contribution in [0.15, 0.2) is 18.3 Å². The summed E-state index contributed by atoms with van der Waals surface area (Å²) in [5.41, 5.74) is 0.902. The fourth-order valence-electron chi connectivity index (χ4n) is 1.93. The quantitative estimate of drug-likeness (QED) is 0.605. The van der Waals surface area contributed by atoms with Crippen molar-refractivity contribution in [2.45, 2.75) is 19.9 Å². The van der Waals surface area contributed by atoms with E-state index in [1.165, 1.54) is 0 Å². The molecular weight excluding hydrogens is 329 g/mol. The van der Waals surface area contributed by atoms with Gasteiger partial charge in [0.25, 0.3) is 0 Å². The Labute approximate surface area is 115 Å². The maximum Gasteiger partial charge on any atom is 0.241 e. The molecule has 0 aromatic carbocycles. The Morgan fingerprint density at radius 1 is 1.35 bits per heavy atom. The first-order valence-corrected chi connectivity index (χ1v) is 6.82. The first-order chi connectivity index (χ1) is 8.08. The Morgan fingerprint density at radius 3 is 2.65 bits per heavy atom. The zero-order valence-electron chi connectivity index (χ0n) is 10.1. The summed E-state index contributed by atoms with van der Waals surface area (Å²) in [4.78, 5) is 20.3. The highest BCUT2D eigenvalue weighted by molar-refractivity contribution is 14.1. The second-order valence-electron chi connectivity index (χ2n) is 4.45. The molecule has 92 valence electrons. The Morgan fingerprint density at radius 2 is 2.12 bits per heavy atom. The van der Waals surface area contributed by atoms with Crippen LogP contribution < -0.4 is 4.90 Å². The van der Waals surface area contributed by atoms with Crippen molar-refractivity contribution in [2.24, 2.45) is 0 Å². The largest absolute Gasteiger partial charge is 0.308 e. The van der Waals surface area contributed by atoms with Gasteiger partial charge in [0.05, 0.1) is 18.4 Å². The third-order valence-corrected chi connectivity index (χ3v) is 3.64. The third-order valence-electron chi connectivity index (χ3n) is 3.00. The average molecular weight is 345 g/mol. The van der Waals surface area contributed by atoms with Crippen LogP contribution in [0.5, 0.6) is 0 Å². The smallest absolute Gasteiger partial charge is 0.241 e. The van der Waals surface area contributed by atoms with E-state index < -0.39 is 0 Å². The van der Waals surface area contributed by atoms with E-state index in [1.807, 2.05) is 17.0 Å². The van der Waals surface area contributed by atoms with Gasteiger partial charge in [-0.1, -0.05) is 0 Å². The molecule has 0 aliphatic carbocycles. The highest BCUT2D eigenvalue weighted by atomic mass is 127. The number of anilines is 1. The van der Waals surface area contributed by atoms with Gasteiger partial charge in [-0.25, -0.2) is 4.98 Å². The molecule has 2 heterocycles. The molecule has 0 bridgehead atoms. The van der Waals surface area contributed by atoms with E-state index in [4.69, 9.17) is 0 Å². The molecule has 17 heavy (non-hydrogen) atoms. The predicted molar refractivity (Wildman–Crippen MR) is 76.0 cm³/mol. The fraction of sp³-hybridized carbons (Fsp3) is 0.500. The first-order valence-electron chi connectivity index (χ1n) is 5.74. The monoisotopic (exact) mass is 345 g/mol. The third kappa shape index (κ3) is 2.95. The number of aromatic nitrogens is 1. The minimum atomic E-state index is 0.160. The molecule has 1 aromatic heterocycles. The van der Waals surface area contributed by atoms with E-state index in [0.29, 0.717) is 12.6 Å². The van der Waals surface area contributed by atoms with Crippen molar-refractivity contribution in [2.75, 3.05) is 24.5 Å². The number of nitrogens with zero attached hydrogens (tertiary/aromatic N) is 3. The molecule has 2 rings (SSSR count). The maximum absolute atomic E-state index is 12.0. The normalized spacial score (nSPS) is 17.9. The van der Waals surface area contributed by atoms with Gasteiger partial charge in [0.1, 0.15) is 3.70 Å². The highest BCUT2D eigenvalue weighted by Gasteiger charge is 2.26. The lowest BCUT2D eigenvalue weighted by atomic mass is 10.2. The van der Waals surface area contributed by atoms with Crippen LogP contribution in [-0.4, -0.2) is 41.5 Å². The van der Waals surface area contributed by atoms with Gasteiger partial charge in [0.15, 0.2) is 0 Å². The molecule has 1 aliphatic rings. The van der Waals surface area contributed by atoms with Gasteiger partial charge in [-0.2, -0.15) is 0 Å². The summed E-state index contributed by atoms with van der Waals surface area (Å²) in [6, 6.07) is 4.31. The average Bonchev–Trinajstić information content (AvgIpc) is 2.30. The molecule has 1 aliphatic heterocycles. The number of rotatable bonds is 2. The maximum atomic E-state index is 12.0. The van der Waals surface area contributed by atoms with Gasteiger partial charge >= 0.3 is 0 Å². The van der Waals surface area contributed by atoms with Gasteiger partial charge in [0, 0.05) is 19.1 Å².